The van der Waals surface area contributed by atoms with Gasteiger partial charge in [-0.2, -0.15) is 10.5 Å². The smallest absolute Gasteiger partial charge is 0.312 e. The summed E-state index contributed by atoms with van der Waals surface area (Å²) in [7, 11) is 0. The number of ketones is 1. The van der Waals surface area contributed by atoms with Crippen molar-refractivity contribution in [3.05, 3.63) is 29.3 Å². The van der Waals surface area contributed by atoms with Crippen LogP contribution in [-0.4, -0.2) is 55.5 Å². The number of benzene rings is 1. The van der Waals surface area contributed by atoms with Crippen LogP contribution in [0, 0.1) is 55.7 Å². The third-order valence-corrected chi connectivity index (χ3v) is 10.5. The van der Waals surface area contributed by atoms with E-state index < -0.39 is 44.9 Å². The minimum atomic E-state index is -1.40. The number of Topliss-reactive ketones (excluding diaryl/α,β-unsaturated/α-hetero) is 1. The topological polar surface area (TPSA) is 164 Å². The molecule has 0 aliphatic rings. The second-order valence-corrected chi connectivity index (χ2v) is 14.4. The van der Waals surface area contributed by atoms with Gasteiger partial charge >= 0.3 is 11.9 Å². The molecule has 1 aromatic carbocycles. The first-order valence-corrected chi connectivity index (χ1v) is 16.4. The van der Waals surface area contributed by atoms with Gasteiger partial charge in [-0.3, -0.25) is 14.4 Å². The predicted molar refractivity (Wildman–Crippen MR) is 177 cm³/mol. The minimum absolute atomic E-state index is 0.00795. The number of nitriles is 2. The standard InChI is InChI=1S/C37H54N2O8/c1-11-26(30(42)35(8,13-3)37(10,32(44)46-17-16-40)24-34(7,12-2)25-41)21-36(9,33(4,5)6)31(43)47-19-18-45-29-15-14-27(22-38)28(20-29)23-39/h14-15,20,25-26,40H,11-13,16-19,21,24H2,1-10H3. The van der Waals surface area contributed by atoms with Gasteiger partial charge in [0.25, 0.3) is 0 Å². The van der Waals surface area contributed by atoms with Crippen LogP contribution >= 0.6 is 0 Å². The second-order valence-electron chi connectivity index (χ2n) is 14.4. The molecule has 0 heterocycles. The maximum absolute atomic E-state index is 14.7. The zero-order chi connectivity index (χ0) is 36.3. The normalized spacial score (nSPS) is 17.2. The molecule has 0 saturated heterocycles. The second kappa shape index (κ2) is 16.9. The highest BCUT2D eigenvalue weighted by molar-refractivity contribution is 5.94. The number of aldehydes is 1. The van der Waals surface area contributed by atoms with Crippen LogP contribution in [-0.2, 0) is 28.7 Å². The molecule has 0 aliphatic carbocycles. The first-order valence-electron chi connectivity index (χ1n) is 16.4. The summed E-state index contributed by atoms with van der Waals surface area (Å²) < 4.78 is 16.8. The van der Waals surface area contributed by atoms with Gasteiger partial charge in [-0.25, -0.2) is 0 Å². The number of carbonyl (C=O) groups excluding carboxylic acids is 4. The summed E-state index contributed by atoms with van der Waals surface area (Å²) in [6.45, 7) is 17.6. The number of hydrogen-bond acceptors (Lipinski definition) is 10. The zero-order valence-electron chi connectivity index (χ0n) is 30.0. The lowest BCUT2D eigenvalue weighted by atomic mass is 9.53. The molecule has 5 unspecified atom stereocenters. The molecule has 0 aromatic heterocycles. The van der Waals surface area contributed by atoms with E-state index in [0.717, 1.165) is 6.29 Å². The van der Waals surface area contributed by atoms with Gasteiger partial charge in [0.15, 0.2) is 0 Å². The fourth-order valence-electron chi connectivity index (χ4n) is 6.00. The van der Waals surface area contributed by atoms with Gasteiger partial charge in [0.05, 0.1) is 28.6 Å². The monoisotopic (exact) mass is 654 g/mol. The van der Waals surface area contributed by atoms with E-state index in [9.17, 15) is 29.5 Å². The minimum Gasteiger partial charge on any atom is -0.490 e. The Morgan fingerprint density at radius 3 is 1.87 bits per heavy atom. The average Bonchev–Trinajstić information content (AvgIpc) is 3.05. The Labute approximate surface area is 280 Å². The van der Waals surface area contributed by atoms with E-state index in [1.807, 2.05) is 53.7 Å². The largest absolute Gasteiger partial charge is 0.490 e. The van der Waals surface area contributed by atoms with Crippen LogP contribution in [0.5, 0.6) is 5.75 Å². The summed E-state index contributed by atoms with van der Waals surface area (Å²) in [4.78, 5) is 54.4. The Morgan fingerprint density at radius 1 is 0.830 bits per heavy atom. The summed E-state index contributed by atoms with van der Waals surface area (Å²) in [6.07, 6.45) is 2.18. The van der Waals surface area contributed by atoms with E-state index in [-0.39, 0.29) is 62.6 Å². The van der Waals surface area contributed by atoms with Gasteiger partial charge < -0.3 is 24.1 Å². The molecule has 47 heavy (non-hydrogen) atoms. The number of aliphatic hydroxyl groups excluding tert-OH is 1. The molecule has 10 nitrogen and oxygen atoms in total. The van der Waals surface area contributed by atoms with Crippen molar-refractivity contribution in [1.82, 2.24) is 0 Å². The van der Waals surface area contributed by atoms with Crippen molar-refractivity contribution in [3.8, 4) is 17.9 Å². The van der Waals surface area contributed by atoms with E-state index >= 15 is 0 Å². The lowest BCUT2D eigenvalue weighted by molar-refractivity contribution is -0.175. The highest BCUT2D eigenvalue weighted by Crippen LogP contribution is 2.54. The predicted octanol–water partition coefficient (Wildman–Crippen LogP) is 6.35. The van der Waals surface area contributed by atoms with Crippen LogP contribution in [0.15, 0.2) is 18.2 Å². The Bertz CT molecular complexity index is 1360. The summed E-state index contributed by atoms with van der Waals surface area (Å²) in [5.74, 6) is -1.62. The third-order valence-electron chi connectivity index (χ3n) is 10.5. The van der Waals surface area contributed by atoms with Crippen molar-refractivity contribution in [3.63, 3.8) is 0 Å². The lowest BCUT2D eigenvalue weighted by Crippen LogP contribution is -2.54. The van der Waals surface area contributed by atoms with E-state index in [1.54, 1.807) is 33.8 Å². The number of nitrogens with zero attached hydrogens (tertiary/aromatic N) is 2. The molecule has 0 spiro atoms. The maximum atomic E-state index is 14.7. The van der Waals surface area contributed by atoms with Crippen molar-refractivity contribution >= 4 is 24.0 Å². The van der Waals surface area contributed by atoms with Gasteiger partial charge in [0.1, 0.15) is 49.8 Å². The van der Waals surface area contributed by atoms with E-state index in [2.05, 4.69) is 0 Å². The molecule has 0 bridgehead atoms. The Balaban J connectivity index is 3.38. The van der Waals surface area contributed by atoms with Crippen LogP contribution in [0.25, 0.3) is 0 Å². The molecule has 0 aliphatic heterocycles. The number of esters is 2. The van der Waals surface area contributed by atoms with Gasteiger partial charge in [0.2, 0.25) is 0 Å². The molecule has 0 amide bonds. The quantitative estimate of drug-likeness (QED) is 0.101. The van der Waals surface area contributed by atoms with Crippen LogP contribution in [0.4, 0.5) is 0 Å². The maximum Gasteiger partial charge on any atom is 0.312 e. The van der Waals surface area contributed by atoms with E-state index in [1.165, 1.54) is 12.1 Å². The molecule has 5 atom stereocenters. The molecule has 1 N–H and O–H groups in total. The van der Waals surface area contributed by atoms with Gasteiger partial charge in [0, 0.05) is 16.7 Å². The van der Waals surface area contributed by atoms with Crippen LogP contribution in [0.2, 0.25) is 0 Å². The Morgan fingerprint density at radius 2 is 1.40 bits per heavy atom. The average molecular weight is 655 g/mol. The summed E-state index contributed by atoms with van der Waals surface area (Å²) in [5, 5.41) is 27.8. The highest BCUT2D eigenvalue weighted by atomic mass is 16.6. The van der Waals surface area contributed by atoms with Crippen molar-refractivity contribution in [2.45, 2.75) is 101 Å². The van der Waals surface area contributed by atoms with Crippen molar-refractivity contribution in [2.75, 3.05) is 26.4 Å². The van der Waals surface area contributed by atoms with Gasteiger partial charge in [-0.05, 0) is 69.6 Å². The summed E-state index contributed by atoms with van der Waals surface area (Å²) >= 11 is 0. The van der Waals surface area contributed by atoms with Crippen LogP contribution in [0.1, 0.15) is 112 Å². The van der Waals surface area contributed by atoms with Crippen LogP contribution in [0.3, 0.4) is 0 Å². The molecule has 10 heteroatoms. The first kappa shape index (κ1) is 41.3. The Kier molecular flexibility index (Phi) is 14.8. The fourth-order valence-corrected chi connectivity index (χ4v) is 6.00. The van der Waals surface area contributed by atoms with E-state index in [4.69, 9.17) is 19.5 Å². The van der Waals surface area contributed by atoms with Crippen molar-refractivity contribution in [2.24, 2.45) is 33.0 Å². The number of rotatable bonds is 19. The van der Waals surface area contributed by atoms with Crippen LogP contribution < -0.4 is 4.74 Å². The fraction of sp³-hybridized carbons (Fsp3) is 0.676. The summed E-state index contributed by atoms with van der Waals surface area (Å²) in [6, 6.07) is 8.40. The molecule has 0 saturated carbocycles. The van der Waals surface area contributed by atoms with Gasteiger partial charge in [-0.15, -0.1) is 0 Å². The molecule has 260 valence electrons. The molecule has 0 radical (unpaired) electrons. The number of aliphatic hydroxyl groups is 1. The lowest BCUT2D eigenvalue weighted by Gasteiger charge is -2.48. The number of ether oxygens (including phenoxy) is 3. The molecule has 1 rings (SSSR count). The SMILES string of the molecule is CCC(CC(C)(C(=O)OCCOc1ccc(C#N)c(C#N)c1)C(C)(C)C)C(=O)C(C)(CC)C(C)(CC(C)(C=O)CC)C(=O)OCCO. The molecular weight excluding hydrogens is 600 g/mol. The Hall–Kier alpha value is -3.76. The zero-order valence-corrected chi connectivity index (χ0v) is 30.0. The van der Waals surface area contributed by atoms with Crippen molar-refractivity contribution < 1.29 is 38.5 Å². The van der Waals surface area contributed by atoms with Gasteiger partial charge in [-0.1, -0.05) is 55.4 Å². The van der Waals surface area contributed by atoms with E-state index in [0.29, 0.717) is 18.6 Å². The number of carbonyl (C=O) groups is 4. The third kappa shape index (κ3) is 9.20. The highest BCUT2D eigenvalue weighted by Gasteiger charge is 2.59. The van der Waals surface area contributed by atoms with Crippen molar-refractivity contribution in [1.29, 1.82) is 10.5 Å². The summed E-state index contributed by atoms with van der Waals surface area (Å²) in [5.41, 5.74) is -4.89. The molecule has 1 aromatic rings. The molecular formula is C37H54N2O8. The number of hydrogen-bond donors (Lipinski definition) is 1. The molecule has 0 fully saturated rings. The first-order chi connectivity index (χ1) is 21.8.